The lowest BCUT2D eigenvalue weighted by Gasteiger charge is -1.90. The van der Waals surface area contributed by atoms with Crippen molar-refractivity contribution in [2.24, 2.45) is 0 Å². The highest BCUT2D eigenvalue weighted by Gasteiger charge is 1.79. The lowest BCUT2D eigenvalue weighted by atomic mass is 10.2. The molecule has 2 aromatic carbocycles. The van der Waals surface area contributed by atoms with Crippen LogP contribution in [0, 0.1) is 20.8 Å². The topological polar surface area (TPSA) is 0 Å². The zero-order valence-electron chi connectivity index (χ0n) is 11.1. The molecule has 0 spiro atoms. The van der Waals surface area contributed by atoms with Gasteiger partial charge in [0.2, 0.25) is 0 Å². The van der Waals surface area contributed by atoms with Crippen molar-refractivity contribution in [2.45, 2.75) is 20.8 Å². The van der Waals surface area contributed by atoms with Gasteiger partial charge in [-0.3, -0.25) is 0 Å². The Bertz CT molecular complexity index is 363. The third kappa shape index (κ3) is 8.04. The Balaban J connectivity index is 0.000000265. The van der Waals surface area contributed by atoms with Crippen LogP contribution in [-0.4, -0.2) is 0 Å². The van der Waals surface area contributed by atoms with Gasteiger partial charge in [0.25, 0.3) is 0 Å². The van der Waals surface area contributed by atoms with Gasteiger partial charge < -0.3 is 0 Å². The molecular weight excluding hydrogens is 204 g/mol. The minimum absolute atomic E-state index is 1.32. The van der Waals surface area contributed by atoms with E-state index in [1.807, 2.05) is 18.2 Å². The van der Waals surface area contributed by atoms with Crippen LogP contribution in [-0.2, 0) is 0 Å². The maximum Gasteiger partial charge on any atom is -0.0398 e. The molecule has 0 nitrogen and oxygen atoms in total. The normalized spacial score (nSPS) is 8.18. The van der Waals surface area contributed by atoms with Gasteiger partial charge in [0.1, 0.15) is 0 Å². The predicted molar refractivity (Wildman–Crippen MR) is 78.3 cm³/mol. The van der Waals surface area contributed by atoms with E-state index in [4.69, 9.17) is 0 Å². The van der Waals surface area contributed by atoms with Crippen LogP contribution in [0.5, 0.6) is 0 Å². The molecule has 0 N–H and O–H groups in total. The average molecular weight is 226 g/mol. The van der Waals surface area contributed by atoms with Crippen molar-refractivity contribution in [3.63, 3.8) is 0 Å². The van der Waals surface area contributed by atoms with E-state index in [1.165, 1.54) is 16.7 Å². The summed E-state index contributed by atoms with van der Waals surface area (Å²) in [5, 5.41) is 0. The number of hydrogen-bond donors (Lipinski definition) is 0. The van der Waals surface area contributed by atoms with Crippen molar-refractivity contribution < 1.29 is 0 Å². The number of hydrogen-bond acceptors (Lipinski definition) is 0. The van der Waals surface area contributed by atoms with Crippen molar-refractivity contribution in [1.29, 1.82) is 0 Å². The summed E-state index contributed by atoms with van der Waals surface area (Å²) in [7, 11) is 0. The molecule has 0 saturated heterocycles. The summed E-state index contributed by atoms with van der Waals surface area (Å²) in [6.07, 6.45) is 0. The van der Waals surface area contributed by atoms with Gasteiger partial charge in [-0.2, -0.15) is 0 Å². The Kier molecular flexibility index (Phi) is 8.40. The second-order valence-corrected chi connectivity index (χ2v) is 3.81. The van der Waals surface area contributed by atoms with Crippen molar-refractivity contribution in [3.8, 4) is 0 Å². The third-order valence-electron chi connectivity index (χ3n) is 2.16. The van der Waals surface area contributed by atoms with Crippen molar-refractivity contribution >= 4 is 0 Å². The molecule has 0 aliphatic rings. The zero-order valence-corrected chi connectivity index (χ0v) is 11.1. The standard InChI is InChI=1S/C8H10.C7H8.C2H4/c1-7-3-5-8(2)6-4-7;1-7-5-3-2-4-6-7;1-2/h3-6H,1-2H3;2-6H,1H3;1-2H2. The molecule has 0 saturated carbocycles. The molecular formula is C17H22. The van der Waals surface area contributed by atoms with Gasteiger partial charge >= 0.3 is 0 Å². The lowest BCUT2D eigenvalue weighted by Crippen LogP contribution is -1.70. The van der Waals surface area contributed by atoms with E-state index in [9.17, 15) is 0 Å². The first-order chi connectivity index (χ1) is 8.18. The molecule has 2 rings (SSSR count). The van der Waals surface area contributed by atoms with Gasteiger partial charge in [0.05, 0.1) is 0 Å². The molecule has 0 aromatic heterocycles. The summed E-state index contributed by atoms with van der Waals surface area (Å²) >= 11 is 0. The Labute approximate surface area is 106 Å². The molecule has 0 amide bonds. The summed E-state index contributed by atoms with van der Waals surface area (Å²) in [6.45, 7) is 12.3. The summed E-state index contributed by atoms with van der Waals surface area (Å²) in [5.41, 5.74) is 3.98. The third-order valence-corrected chi connectivity index (χ3v) is 2.16. The molecule has 0 fully saturated rings. The van der Waals surface area contributed by atoms with Gasteiger partial charge in [-0.05, 0) is 20.8 Å². The molecule has 0 atom stereocenters. The summed E-state index contributed by atoms with van der Waals surface area (Å²) < 4.78 is 0. The van der Waals surface area contributed by atoms with Crippen LogP contribution in [0.15, 0.2) is 67.8 Å². The van der Waals surface area contributed by atoms with Crippen molar-refractivity contribution in [3.05, 3.63) is 84.4 Å². The molecule has 0 aliphatic carbocycles. The van der Waals surface area contributed by atoms with E-state index >= 15 is 0 Å². The quantitative estimate of drug-likeness (QED) is 0.548. The second-order valence-electron chi connectivity index (χ2n) is 3.81. The molecule has 0 unspecified atom stereocenters. The highest BCUT2D eigenvalue weighted by molar-refractivity contribution is 5.19. The number of aryl methyl sites for hydroxylation is 3. The van der Waals surface area contributed by atoms with E-state index in [2.05, 4.69) is 70.3 Å². The van der Waals surface area contributed by atoms with E-state index < -0.39 is 0 Å². The minimum atomic E-state index is 1.32. The predicted octanol–water partition coefficient (Wildman–Crippen LogP) is 5.10. The fourth-order valence-electron chi connectivity index (χ4n) is 1.17. The zero-order chi connectivity index (χ0) is 13.1. The van der Waals surface area contributed by atoms with Gasteiger partial charge in [0, 0.05) is 0 Å². The smallest absolute Gasteiger partial charge is 0.0398 e. The van der Waals surface area contributed by atoms with Gasteiger partial charge in [-0.25, -0.2) is 0 Å². The highest BCUT2D eigenvalue weighted by atomic mass is 13.9. The maximum absolute atomic E-state index is 3.00. The number of benzene rings is 2. The molecule has 2 aromatic rings. The van der Waals surface area contributed by atoms with Crippen molar-refractivity contribution in [1.82, 2.24) is 0 Å². The van der Waals surface area contributed by atoms with E-state index in [-0.39, 0.29) is 0 Å². The molecule has 0 heteroatoms. The summed E-state index contributed by atoms with van der Waals surface area (Å²) in [6, 6.07) is 18.7. The SMILES string of the molecule is C=C.Cc1ccc(C)cc1.Cc1ccccc1. The minimum Gasteiger partial charge on any atom is -0.106 e. The van der Waals surface area contributed by atoms with Gasteiger partial charge in [0.15, 0.2) is 0 Å². The molecule has 0 radical (unpaired) electrons. The first-order valence-corrected chi connectivity index (χ1v) is 5.73. The van der Waals surface area contributed by atoms with Gasteiger partial charge in [-0.15, -0.1) is 13.2 Å². The van der Waals surface area contributed by atoms with Crippen LogP contribution in [0.1, 0.15) is 16.7 Å². The van der Waals surface area contributed by atoms with Crippen LogP contribution in [0.2, 0.25) is 0 Å². The summed E-state index contributed by atoms with van der Waals surface area (Å²) in [4.78, 5) is 0. The molecule has 90 valence electrons. The van der Waals surface area contributed by atoms with E-state index in [0.29, 0.717) is 0 Å². The van der Waals surface area contributed by atoms with Crippen LogP contribution in [0.3, 0.4) is 0 Å². The monoisotopic (exact) mass is 226 g/mol. The first-order valence-electron chi connectivity index (χ1n) is 5.73. The van der Waals surface area contributed by atoms with Crippen LogP contribution in [0.4, 0.5) is 0 Å². The van der Waals surface area contributed by atoms with Gasteiger partial charge in [-0.1, -0.05) is 71.3 Å². The Hall–Kier alpha value is -1.82. The average Bonchev–Trinajstić information content (AvgIpc) is 2.37. The fraction of sp³-hybridized carbons (Fsp3) is 0.176. The van der Waals surface area contributed by atoms with E-state index in [1.54, 1.807) is 0 Å². The largest absolute Gasteiger partial charge is 0.106 e. The Morgan fingerprint density at radius 3 is 1.06 bits per heavy atom. The summed E-state index contributed by atoms with van der Waals surface area (Å²) in [5.74, 6) is 0. The lowest BCUT2D eigenvalue weighted by molar-refractivity contribution is 1.40. The highest BCUT2D eigenvalue weighted by Crippen LogP contribution is 1.99. The maximum atomic E-state index is 3.00. The molecule has 0 aliphatic heterocycles. The van der Waals surface area contributed by atoms with Crippen LogP contribution < -0.4 is 0 Å². The van der Waals surface area contributed by atoms with Crippen LogP contribution >= 0.6 is 0 Å². The molecule has 0 bridgehead atoms. The van der Waals surface area contributed by atoms with Crippen molar-refractivity contribution in [2.75, 3.05) is 0 Å². The Morgan fingerprint density at radius 1 is 0.529 bits per heavy atom. The second kappa shape index (κ2) is 9.41. The molecule has 0 heterocycles. The van der Waals surface area contributed by atoms with Crippen LogP contribution in [0.25, 0.3) is 0 Å². The number of rotatable bonds is 0. The Morgan fingerprint density at radius 2 is 0.824 bits per heavy atom. The first kappa shape index (κ1) is 15.2. The molecule has 17 heavy (non-hydrogen) atoms. The van der Waals surface area contributed by atoms with E-state index in [0.717, 1.165) is 0 Å². The fourth-order valence-corrected chi connectivity index (χ4v) is 1.17.